The number of carboxylic acids is 1. The lowest BCUT2D eigenvalue weighted by Crippen LogP contribution is -2.38. The van der Waals surface area contributed by atoms with Crippen LogP contribution in [0.2, 0.25) is 10.0 Å². The Balaban J connectivity index is 1.42. The number of hydrogen-bond acceptors (Lipinski definition) is 4. The molecule has 4 aromatic rings. The number of rotatable bonds is 10. The second-order valence-corrected chi connectivity index (χ2v) is 13.6. The van der Waals surface area contributed by atoms with E-state index in [1.54, 1.807) is 24.3 Å². The molecule has 0 saturated heterocycles. The molecule has 1 aliphatic rings. The topological polar surface area (TPSA) is 88.5 Å². The minimum Gasteiger partial charge on any atom is -0.481 e. The highest BCUT2D eigenvalue weighted by atomic mass is 35.5. The summed E-state index contributed by atoms with van der Waals surface area (Å²) in [7, 11) is 0. The smallest absolute Gasteiger partial charge is 0.305 e. The molecule has 1 aromatic heterocycles. The van der Waals surface area contributed by atoms with Crippen LogP contribution in [0.25, 0.3) is 10.8 Å². The van der Waals surface area contributed by atoms with Crippen LogP contribution in [-0.4, -0.2) is 28.0 Å². The van der Waals surface area contributed by atoms with Gasteiger partial charge in [0.05, 0.1) is 16.5 Å². The number of carboxylic acid groups (broad SMARTS) is 1. The number of carbonyl (C=O) groups excluding carboxylic acids is 1. The summed E-state index contributed by atoms with van der Waals surface area (Å²) in [6.07, 6.45) is 5.49. The van der Waals surface area contributed by atoms with E-state index in [-0.39, 0.29) is 24.0 Å². The van der Waals surface area contributed by atoms with Gasteiger partial charge in [-0.05, 0) is 83.2 Å². The van der Waals surface area contributed by atoms with E-state index >= 15 is 0 Å². The van der Waals surface area contributed by atoms with Gasteiger partial charge in [-0.25, -0.2) is 4.98 Å². The van der Waals surface area contributed by atoms with Gasteiger partial charge < -0.3 is 15.2 Å². The standard InChI is InChI=1S/C36H38Cl2N2O4/c1-36(2,3)25-10-13-27(14-11-25)44-28-12-9-24-19-33(40-32(29(24)21-28)18-22-6-4-5-7-22)35(43)39-26(20-34(41)42)16-23-8-15-30(37)31(38)17-23/h8-15,17,19,21-22,26H,4-7,16,18,20H2,1-3H3,(H,39,43)(H,41,42)/t26-/m1/s1. The Hall–Kier alpha value is -3.61. The van der Waals surface area contributed by atoms with Crippen molar-refractivity contribution in [3.05, 3.63) is 99.3 Å². The number of aromatic nitrogens is 1. The number of nitrogens with zero attached hydrogens (tertiary/aromatic N) is 1. The Kier molecular flexibility index (Phi) is 9.81. The van der Waals surface area contributed by atoms with E-state index in [0.29, 0.717) is 21.7 Å². The number of fused-ring (bicyclic) bond motifs is 1. The van der Waals surface area contributed by atoms with Crippen LogP contribution in [0.5, 0.6) is 11.5 Å². The number of benzene rings is 3. The molecule has 0 unspecified atom stereocenters. The zero-order chi connectivity index (χ0) is 31.4. The van der Waals surface area contributed by atoms with E-state index in [9.17, 15) is 14.7 Å². The van der Waals surface area contributed by atoms with Gasteiger partial charge in [0.1, 0.15) is 17.2 Å². The van der Waals surface area contributed by atoms with Gasteiger partial charge in [0, 0.05) is 17.1 Å². The van der Waals surface area contributed by atoms with Crippen LogP contribution in [0, 0.1) is 5.92 Å². The minimum atomic E-state index is -1.01. The van der Waals surface area contributed by atoms with Crippen molar-refractivity contribution in [1.29, 1.82) is 0 Å². The number of carbonyl (C=O) groups is 2. The first-order valence-electron chi connectivity index (χ1n) is 15.1. The van der Waals surface area contributed by atoms with Gasteiger partial charge in [0.15, 0.2) is 0 Å². The van der Waals surface area contributed by atoms with Crippen molar-refractivity contribution < 1.29 is 19.4 Å². The van der Waals surface area contributed by atoms with Gasteiger partial charge >= 0.3 is 5.97 Å². The van der Waals surface area contributed by atoms with Crippen LogP contribution < -0.4 is 10.1 Å². The number of pyridine rings is 1. The Morgan fingerprint density at radius 1 is 0.955 bits per heavy atom. The van der Waals surface area contributed by atoms with E-state index in [1.165, 1.54) is 18.4 Å². The van der Waals surface area contributed by atoms with E-state index in [4.69, 9.17) is 32.9 Å². The fourth-order valence-corrected chi connectivity index (χ4v) is 6.19. The molecule has 0 spiro atoms. The molecule has 3 aromatic carbocycles. The van der Waals surface area contributed by atoms with Crippen molar-refractivity contribution in [2.45, 2.75) is 77.2 Å². The van der Waals surface area contributed by atoms with Crippen LogP contribution in [0.1, 0.15) is 80.2 Å². The summed E-state index contributed by atoms with van der Waals surface area (Å²) < 4.78 is 6.24. The van der Waals surface area contributed by atoms with E-state index in [1.807, 2.05) is 30.3 Å². The molecule has 1 heterocycles. The van der Waals surface area contributed by atoms with Crippen LogP contribution in [0.3, 0.4) is 0 Å². The summed E-state index contributed by atoms with van der Waals surface area (Å²) in [5.74, 6) is 0.545. The lowest BCUT2D eigenvalue weighted by molar-refractivity contribution is -0.137. The van der Waals surface area contributed by atoms with Crippen molar-refractivity contribution in [3.8, 4) is 11.5 Å². The minimum absolute atomic E-state index is 0.0590. The highest BCUT2D eigenvalue weighted by Crippen LogP contribution is 2.33. The first-order valence-corrected chi connectivity index (χ1v) is 15.9. The first-order chi connectivity index (χ1) is 20.9. The number of halogens is 2. The number of aliphatic carboxylic acids is 1. The summed E-state index contributed by atoms with van der Waals surface area (Å²) in [5, 5.41) is 15.1. The molecule has 8 heteroatoms. The molecule has 0 radical (unpaired) electrons. The normalized spacial score (nSPS) is 14.5. The number of nitrogens with one attached hydrogen (secondary N) is 1. The summed E-state index contributed by atoms with van der Waals surface area (Å²) in [6, 6.07) is 20.3. The second kappa shape index (κ2) is 13.6. The van der Waals surface area contributed by atoms with Crippen LogP contribution in [0.15, 0.2) is 66.7 Å². The molecule has 1 aliphatic carbocycles. The second-order valence-electron chi connectivity index (χ2n) is 12.8. The molecule has 1 amide bonds. The molecule has 0 aliphatic heterocycles. The molecule has 2 N–H and O–H groups in total. The zero-order valence-electron chi connectivity index (χ0n) is 25.3. The van der Waals surface area contributed by atoms with Crippen LogP contribution in [0.4, 0.5) is 0 Å². The molecule has 1 fully saturated rings. The van der Waals surface area contributed by atoms with E-state index in [2.05, 4.69) is 38.2 Å². The van der Waals surface area contributed by atoms with Gasteiger partial charge in [-0.3, -0.25) is 9.59 Å². The number of hydrogen-bond donors (Lipinski definition) is 2. The largest absolute Gasteiger partial charge is 0.481 e. The highest BCUT2D eigenvalue weighted by molar-refractivity contribution is 6.42. The molecule has 1 atom stereocenters. The highest BCUT2D eigenvalue weighted by Gasteiger charge is 2.23. The molecule has 1 saturated carbocycles. The Bertz CT molecular complexity index is 1660. The van der Waals surface area contributed by atoms with Gasteiger partial charge in [0.2, 0.25) is 0 Å². The van der Waals surface area contributed by atoms with Gasteiger partial charge in [-0.1, -0.05) is 93.9 Å². The Morgan fingerprint density at radius 2 is 1.66 bits per heavy atom. The van der Waals surface area contributed by atoms with E-state index in [0.717, 1.165) is 47.0 Å². The predicted molar refractivity (Wildman–Crippen MR) is 176 cm³/mol. The maximum absolute atomic E-state index is 13.5. The lowest BCUT2D eigenvalue weighted by atomic mass is 9.87. The molecule has 5 rings (SSSR count). The summed E-state index contributed by atoms with van der Waals surface area (Å²) in [5.41, 5.74) is 3.19. The van der Waals surface area contributed by atoms with Crippen molar-refractivity contribution in [1.82, 2.24) is 10.3 Å². The van der Waals surface area contributed by atoms with Crippen molar-refractivity contribution in [2.24, 2.45) is 5.92 Å². The molecular weight excluding hydrogens is 595 g/mol. The summed E-state index contributed by atoms with van der Waals surface area (Å²) >= 11 is 12.2. The molecule has 6 nitrogen and oxygen atoms in total. The fraction of sp³-hybridized carbons (Fsp3) is 0.361. The number of ether oxygens (including phenoxy) is 1. The molecule has 0 bridgehead atoms. The van der Waals surface area contributed by atoms with Gasteiger partial charge in [-0.15, -0.1) is 0 Å². The molecular formula is C36H38Cl2N2O4. The predicted octanol–water partition coefficient (Wildman–Crippen LogP) is 9.18. The van der Waals surface area contributed by atoms with Crippen LogP contribution >= 0.6 is 23.2 Å². The molecule has 230 valence electrons. The van der Waals surface area contributed by atoms with E-state index < -0.39 is 17.9 Å². The summed E-state index contributed by atoms with van der Waals surface area (Å²) in [6.45, 7) is 6.55. The maximum atomic E-state index is 13.5. The third-order valence-corrected chi connectivity index (χ3v) is 8.99. The fourth-order valence-electron chi connectivity index (χ4n) is 5.87. The Labute approximate surface area is 268 Å². The Morgan fingerprint density at radius 3 is 2.32 bits per heavy atom. The average Bonchev–Trinajstić information content (AvgIpc) is 3.48. The third kappa shape index (κ3) is 8.10. The quantitative estimate of drug-likeness (QED) is 0.182. The molecule has 44 heavy (non-hydrogen) atoms. The first kappa shape index (κ1) is 31.8. The lowest BCUT2D eigenvalue weighted by Gasteiger charge is -2.19. The average molecular weight is 634 g/mol. The van der Waals surface area contributed by atoms with Crippen LogP contribution in [-0.2, 0) is 23.1 Å². The van der Waals surface area contributed by atoms with Gasteiger partial charge in [-0.2, -0.15) is 0 Å². The maximum Gasteiger partial charge on any atom is 0.305 e. The number of amides is 1. The zero-order valence-corrected chi connectivity index (χ0v) is 26.8. The van der Waals surface area contributed by atoms with Crippen molar-refractivity contribution in [3.63, 3.8) is 0 Å². The SMILES string of the molecule is CC(C)(C)c1ccc(Oc2ccc3cc(C(=O)N[C@@H](CC(=O)O)Cc4ccc(Cl)c(Cl)c4)nc(CC4CCCC4)c3c2)cc1. The third-order valence-electron chi connectivity index (χ3n) is 8.25. The monoisotopic (exact) mass is 632 g/mol. The van der Waals surface area contributed by atoms with Crippen molar-refractivity contribution >= 4 is 45.9 Å². The van der Waals surface area contributed by atoms with Gasteiger partial charge in [0.25, 0.3) is 5.91 Å². The summed E-state index contributed by atoms with van der Waals surface area (Å²) in [4.78, 5) is 30.1. The van der Waals surface area contributed by atoms with Crippen molar-refractivity contribution in [2.75, 3.05) is 0 Å².